The summed E-state index contributed by atoms with van der Waals surface area (Å²) in [5.74, 6) is -0.104. The van der Waals surface area contributed by atoms with E-state index in [0.29, 0.717) is 12.8 Å². The molecule has 6 nitrogen and oxygen atoms in total. The Morgan fingerprint density at radius 3 is 3.00 bits per heavy atom. The van der Waals surface area contributed by atoms with Gasteiger partial charge in [-0.05, 0) is 24.1 Å². The van der Waals surface area contributed by atoms with E-state index in [1.165, 1.54) is 0 Å². The Hall–Kier alpha value is -2.34. The highest BCUT2D eigenvalue weighted by atomic mass is 35.5. The van der Waals surface area contributed by atoms with Gasteiger partial charge < -0.3 is 15.2 Å². The van der Waals surface area contributed by atoms with Crippen LogP contribution in [0.15, 0.2) is 36.9 Å². The fourth-order valence-corrected chi connectivity index (χ4v) is 2.28. The van der Waals surface area contributed by atoms with Gasteiger partial charge in [-0.3, -0.25) is 9.59 Å². The molecule has 0 atom stereocenters. The molecule has 0 aliphatic carbocycles. The normalized spacial score (nSPS) is 12.9. The van der Waals surface area contributed by atoms with Gasteiger partial charge in [-0.25, -0.2) is 4.98 Å². The molecule has 2 amide bonds. The molecule has 0 radical (unpaired) electrons. The zero-order chi connectivity index (χ0) is 13.9. The highest BCUT2D eigenvalue weighted by Crippen LogP contribution is 2.29. The summed E-state index contributed by atoms with van der Waals surface area (Å²) < 4.78 is 1.70. The second-order valence-electron chi connectivity index (χ2n) is 4.66. The van der Waals surface area contributed by atoms with Crippen LogP contribution in [-0.2, 0) is 22.6 Å². The molecule has 2 heterocycles. The van der Waals surface area contributed by atoms with E-state index in [1.54, 1.807) is 23.3 Å². The van der Waals surface area contributed by atoms with Crippen molar-refractivity contribution < 1.29 is 9.59 Å². The smallest absolute Gasteiger partial charge is 0.244 e. The predicted molar refractivity (Wildman–Crippen MR) is 81.5 cm³/mol. The molecule has 110 valence electrons. The molecule has 1 aromatic carbocycles. The Bertz CT molecular complexity index is 655. The second-order valence-corrected chi connectivity index (χ2v) is 4.66. The van der Waals surface area contributed by atoms with Gasteiger partial charge in [0.05, 0.1) is 6.33 Å². The van der Waals surface area contributed by atoms with Gasteiger partial charge in [-0.1, -0.05) is 6.07 Å². The monoisotopic (exact) mass is 306 g/mol. The van der Waals surface area contributed by atoms with E-state index in [-0.39, 0.29) is 30.8 Å². The number of halogens is 1. The van der Waals surface area contributed by atoms with Crippen LogP contribution >= 0.6 is 12.4 Å². The number of amides is 2. The number of nitrogens with one attached hydrogen (secondary N) is 2. The number of anilines is 2. The van der Waals surface area contributed by atoms with Gasteiger partial charge >= 0.3 is 0 Å². The number of carbonyl (C=O) groups is 2. The van der Waals surface area contributed by atoms with Crippen molar-refractivity contribution in [1.29, 1.82) is 0 Å². The molecule has 0 saturated carbocycles. The van der Waals surface area contributed by atoms with Crippen LogP contribution in [0.3, 0.4) is 0 Å². The third-order valence-corrected chi connectivity index (χ3v) is 3.21. The zero-order valence-electron chi connectivity index (χ0n) is 11.2. The zero-order valence-corrected chi connectivity index (χ0v) is 12.0. The van der Waals surface area contributed by atoms with E-state index >= 15 is 0 Å². The Morgan fingerprint density at radius 2 is 2.24 bits per heavy atom. The van der Waals surface area contributed by atoms with Crippen LogP contribution in [0.2, 0.25) is 0 Å². The highest BCUT2D eigenvalue weighted by molar-refractivity contribution is 5.98. The summed E-state index contributed by atoms with van der Waals surface area (Å²) in [6.45, 7) is 0.218. The molecule has 2 aromatic rings. The predicted octanol–water partition coefficient (Wildman–Crippen LogP) is 1.83. The highest BCUT2D eigenvalue weighted by Gasteiger charge is 2.18. The number of hydrogen-bond donors (Lipinski definition) is 2. The average molecular weight is 307 g/mol. The minimum absolute atomic E-state index is 0. The van der Waals surface area contributed by atoms with Gasteiger partial charge in [0, 0.05) is 30.2 Å². The molecule has 0 saturated heterocycles. The summed E-state index contributed by atoms with van der Waals surface area (Å²) in [5, 5.41) is 5.70. The summed E-state index contributed by atoms with van der Waals surface area (Å²) in [6.07, 6.45) is 6.05. The Balaban J connectivity index is 0.00000161. The van der Waals surface area contributed by atoms with Crippen LogP contribution in [0.25, 0.3) is 0 Å². The van der Waals surface area contributed by atoms with Crippen LogP contribution in [-0.4, -0.2) is 21.4 Å². The van der Waals surface area contributed by atoms with Crippen molar-refractivity contribution in [2.24, 2.45) is 0 Å². The SMILES string of the molecule is Cl.O=C1CCc2c(cccc2NC(=O)Cn2ccnc2)N1. The van der Waals surface area contributed by atoms with Gasteiger partial charge in [0.2, 0.25) is 11.8 Å². The van der Waals surface area contributed by atoms with Crippen molar-refractivity contribution in [2.45, 2.75) is 19.4 Å². The lowest BCUT2D eigenvalue weighted by Gasteiger charge is -2.20. The topological polar surface area (TPSA) is 76.0 Å². The van der Waals surface area contributed by atoms with Gasteiger partial charge in [0.25, 0.3) is 0 Å². The van der Waals surface area contributed by atoms with Crippen LogP contribution in [0.5, 0.6) is 0 Å². The van der Waals surface area contributed by atoms with Crippen molar-refractivity contribution in [3.8, 4) is 0 Å². The number of carbonyl (C=O) groups excluding carboxylic acids is 2. The fraction of sp³-hybridized carbons (Fsp3) is 0.214. The summed E-state index contributed by atoms with van der Waals surface area (Å²) in [6, 6.07) is 5.51. The van der Waals surface area contributed by atoms with E-state index in [1.807, 2.05) is 18.2 Å². The Labute approximate surface area is 128 Å². The summed E-state index contributed by atoms with van der Waals surface area (Å²) in [7, 11) is 0. The van der Waals surface area contributed by atoms with E-state index in [0.717, 1.165) is 16.9 Å². The maximum atomic E-state index is 12.0. The molecular weight excluding hydrogens is 292 g/mol. The largest absolute Gasteiger partial charge is 0.328 e. The second kappa shape index (κ2) is 6.41. The quantitative estimate of drug-likeness (QED) is 0.908. The van der Waals surface area contributed by atoms with Crippen molar-refractivity contribution in [2.75, 3.05) is 10.6 Å². The van der Waals surface area contributed by atoms with E-state index < -0.39 is 0 Å². The van der Waals surface area contributed by atoms with Gasteiger partial charge in [0.1, 0.15) is 6.54 Å². The number of hydrogen-bond acceptors (Lipinski definition) is 3. The molecule has 0 fully saturated rings. The number of aromatic nitrogens is 2. The van der Waals surface area contributed by atoms with Crippen molar-refractivity contribution >= 4 is 35.6 Å². The van der Waals surface area contributed by atoms with Crippen molar-refractivity contribution in [3.63, 3.8) is 0 Å². The van der Waals surface area contributed by atoms with E-state index in [9.17, 15) is 9.59 Å². The maximum absolute atomic E-state index is 12.0. The molecule has 0 bridgehead atoms. The Kier molecular flexibility index (Phi) is 4.59. The third kappa shape index (κ3) is 3.41. The summed E-state index contributed by atoms with van der Waals surface area (Å²) >= 11 is 0. The minimum Gasteiger partial charge on any atom is -0.328 e. The minimum atomic E-state index is -0.117. The number of benzene rings is 1. The number of rotatable bonds is 3. The van der Waals surface area contributed by atoms with Crippen LogP contribution in [0.4, 0.5) is 11.4 Å². The maximum Gasteiger partial charge on any atom is 0.244 e. The molecule has 2 N–H and O–H groups in total. The lowest BCUT2D eigenvalue weighted by atomic mass is 10.0. The molecule has 3 rings (SSSR count). The molecule has 1 aliphatic heterocycles. The third-order valence-electron chi connectivity index (χ3n) is 3.21. The lowest BCUT2D eigenvalue weighted by molar-refractivity contribution is -0.117. The average Bonchev–Trinajstić information content (AvgIpc) is 2.91. The van der Waals surface area contributed by atoms with Crippen LogP contribution in [0, 0.1) is 0 Å². The van der Waals surface area contributed by atoms with Gasteiger partial charge in [0.15, 0.2) is 0 Å². The molecule has 0 unspecified atom stereocenters. The molecule has 21 heavy (non-hydrogen) atoms. The molecule has 1 aliphatic rings. The first-order valence-corrected chi connectivity index (χ1v) is 6.40. The van der Waals surface area contributed by atoms with Crippen LogP contribution < -0.4 is 10.6 Å². The molecule has 7 heteroatoms. The molecule has 1 aromatic heterocycles. The molecule has 0 spiro atoms. The van der Waals surface area contributed by atoms with E-state index in [2.05, 4.69) is 15.6 Å². The van der Waals surface area contributed by atoms with Gasteiger partial charge in [-0.2, -0.15) is 0 Å². The molecular formula is C14H15ClN4O2. The first-order valence-electron chi connectivity index (χ1n) is 6.40. The standard InChI is InChI=1S/C14H14N4O2.ClH/c19-13-5-4-10-11(16-13)2-1-3-12(10)17-14(20)8-18-7-6-15-9-18;/h1-3,6-7,9H,4-5,8H2,(H,16,19)(H,17,20);1H. The van der Waals surface area contributed by atoms with Gasteiger partial charge in [-0.15, -0.1) is 12.4 Å². The Morgan fingerprint density at radius 1 is 1.38 bits per heavy atom. The summed E-state index contributed by atoms with van der Waals surface area (Å²) in [5.41, 5.74) is 2.51. The summed E-state index contributed by atoms with van der Waals surface area (Å²) in [4.78, 5) is 27.2. The number of nitrogens with zero attached hydrogens (tertiary/aromatic N) is 2. The number of imidazole rings is 1. The lowest BCUT2D eigenvalue weighted by Crippen LogP contribution is -2.23. The first-order chi connectivity index (χ1) is 9.72. The number of fused-ring (bicyclic) bond motifs is 1. The van der Waals surface area contributed by atoms with E-state index in [4.69, 9.17) is 0 Å². The van der Waals surface area contributed by atoms with Crippen LogP contribution in [0.1, 0.15) is 12.0 Å². The van der Waals surface area contributed by atoms with Crippen molar-refractivity contribution in [3.05, 3.63) is 42.5 Å². The first kappa shape index (κ1) is 15.1. The van der Waals surface area contributed by atoms with Crippen molar-refractivity contribution in [1.82, 2.24) is 9.55 Å². The fourth-order valence-electron chi connectivity index (χ4n) is 2.28.